The van der Waals surface area contributed by atoms with E-state index in [-0.39, 0.29) is 28.0 Å². The number of rotatable bonds is 5. The number of hydrogen-bond donors (Lipinski definition) is 3. The number of carbonyl (C=O) groups is 2. The van der Waals surface area contributed by atoms with Crippen molar-refractivity contribution in [3.05, 3.63) is 71.2 Å². The monoisotopic (exact) mass is 478 g/mol. The standard InChI is InChI=1S/C21H17ClF2N4O5/c1-25-19(29)16-10-13(6-7-26-16)31-12-3-4-15(14(22)9-12)28-20(30)27-11-2-5-17-18(8-11)33-21(23,24)32-17/h2-10,17-18H,1H3,(H,25,29)(H2,27,28,30). The second kappa shape index (κ2) is 9.14. The van der Waals surface area contributed by atoms with Gasteiger partial charge in [-0.2, -0.15) is 0 Å². The van der Waals surface area contributed by atoms with Crippen LogP contribution in [-0.2, 0) is 9.47 Å². The zero-order valence-electron chi connectivity index (χ0n) is 17.0. The number of allylic oxidation sites excluding steroid dienone is 1. The van der Waals surface area contributed by atoms with Crippen LogP contribution in [0.2, 0.25) is 5.02 Å². The molecule has 1 saturated heterocycles. The van der Waals surface area contributed by atoms with Crippen LogP contribution >= 0.6 is 11.6 Å². The molecule has 1 fully saturated rings. The van der Waals surface area contributed by atoms with Crippen LogP contribution in [0.1, 0.15) is 10.5 Å². The molecular formula is C21H17ClF2N4O5. The number of hydrogen-bond acceptors (Lipinski definition) is 6. The SMILES string of the molecule is CNC(=O)c1cc(Oc2ccc(NC(=O)NC3=CC4OC(F)(F)OC4C=C3)c(Cl)c2)ccn1. The second-order valence-electron chi connectivity index (χ2n) is 6.89. The van der Waals surface area contributed by atoms with Gasteiger partial charge in [-0.3, -0.25) is 19.3 Å². The molecule has 2 atom stereocenters. The molecule has 1 aliphatic carbocycles. The van der Waals surface area contributed by atoms with E-state index < -0.39 is 24.5 Å². The maximum Gasteiger partial charge on any atom is 0.486 e. The summed E-state index contributed by atoms with van der Waals surface area (Å²) in [6, 6.07) is 6.97. The van der Waals surface area contributed by atoms with Crippen LogP contribution in [0.3, 0.4) is 0 Å². The van der Waals surface area contributed by atoms with E-state index in [1.807, 2.05) is 0 Å². The molecule has 9 nitrogen and oxygen atoms in total. The molecule has 2 aromatic rings. The van der Waals surface area contributed by atoms with E-state index in [0.29, 0.717) is 11.5 Å². The lowest BCUT2D eigenvalue weighted by Gasteiger charge is -2.17. The van der Waals surface area contributed by atoms with Crippen LogP contribution in [0, 0.1) is 0 Å². The van der Waals surface area contributed by atoms with E-state index in [9.17, 15) is 18.4 Å². The summed E-state index contributed by atoms with van der Waals surface area (Å²) >= 11 is 6.24. The van der Waals surface area contributed by atoms with Crippen LogP contribution in [0.25, 0.3) is 0 Å². The molecule has 2 heterocycles. The van der Waals surface area contributed by atoms with Gasteiger partial charge < -0.3 is 20.7 Å². The van der Waals surface area contributed by atoms with E-state index in [4.69, 9.17) is 16.3 Å². The smallest absolute Gasteiger partial charge is 0.457 e. The van der Waals surface area contributed by atoms with Gasteiger partial charge in [-0.15, -0.1) is 8.78 Å². The number of amides is 3. The van der Waals surface area contributed by atoms with E-state index in [1.165, 1.54) is 49.7 Å². The summed E-state index contributed by atoms with van der Waals surface area (Å²) in [6.07, 6.45) is -0.0548. The van der Waals surface area contributed by atoms with Gasteiger partial charge in [-0.25, -0.2) is 4.79 Å². The summed E-state index contributed by atoms with van der Waals surface area (Å²) in [5.74, 6) is 0.377. The predicted octanol–water partition coefficient (Wildman–Crippen LogP) is 3.80. The van der Waals surface area contributed by atoms with Crippen molar-refractivity contribution >= 4 is 29.2 Å². The fourth-order valence-electron chi connectivity index (χ4n) is 3.08. The molecule has 0 spiro atoms. The molecule has 172 valence electrons. The molecule has 1 aromatic heterocycles. The summed E-state index contributed by atoms with van der Waals surface area (Å²) in [5, 5.41) is 7.74. The molecule has 1 aromatic carbocycles. The highest BCUT2D eigenvalue weighted by Gasteiger charge is 2.48. The Bertz CT molecular complexity index is 1160. The average Bonchev–Trinajstić information content (AvgIpc) is 3.08. The second-order valence-corrected chi connectivity index (χ2v) is 7.30. The Morgan fingerprint density at radius 2 is 1.88 bits per heavy atom. The largest absolute Gasteiger partial charge is 0.486 e. The Hall–Kier alpha value is -3.54. The van der Waals surface area contributed by atoms with Gasteiger partial charge in [0, 0.05) is 31.1 Å². The molecule has 0 bridgehead atoms. The predicted molar refractivity (Wildman–Crippen MR) is 113 cm³/mol. The fraction of sp³-hybridized carbons (Fsp3) is 0.190. The van der Waals surface area contributed by atoms with Crippen molar-refractivity contribution in [2.75, 3.05) is 12.4 Å². The van der Waals surface area contributed by atoms with Crippen LogP contribution in [0.4, 0.5) is 19.3 Å². The third-order valence-corrected chi connectivity index (χ3v) is 4.87. The van der Waals surface area contributed by atoms with Crippen LogP contribution in [0.5, 0.6) is 11.5 Å². The summed E-state index contributed by atoms with van der Waals surface area (Å²) in [7, 11) is 1.49. The third kappa shape index (κ3) is 5.45. The molecule has 3 amide bonds. The molecule has 1 aliphatic heterocycles. The maximum absolute atomic E-state index is 13.2. The molecule has 33 heavy (non-hydrogen) atoms. The van der Waals surface area contributed by atoms with Gasteiger partial charge in [0.15, 0.2) is 0 Å². The minimum absolute atomic E-state index is 0.184. The molecule has 0 saturated carbocycles. The summed E-state index contributed by atoms with van der Waals surface area (Å²) in [6.45, 7) is 0. The van der Waals surface area contributed by atoms with E-state index in [0.717, 1.165) is 0 Å². The number of benzene rings is 1. The maximum atomic E-state index is 13.2. The first kappa shape index (κ1) is 22.6. The Kier molecular flexibility index (Phi) is 6.27. The van der Waals surface area contributed by atoms with E-state index in [1.54, 1.807) is 12.1 Å². The molecule has 4 rings (SSSR count). The summed E-state index contributed by atoms with van der Waals surface area (Å²) in [4.78, 5) is 28.0. The van der Waals surface area contributed by atoms with Gasteiger partial charge in [-0.1, -0.05) is 17.7 Å². The summed E-state index contributed by atoms with van der Waals surface area (Å²) in [5.41, 5.74) is 0.731. The van der Waals surface area contributed by atoms with Crippen molar-refractivity contribution in [1.82, 2.24) is 15.6 Å². The number of pyridine rings is 1. The molecule has 2 unspecified atom stereocenters. The first-order valence-electron chi connectivity index (χ1n) is 9.59. The number of carbonyl (C=O) groups excluding carboxylic acids is 2. The number of ether oxygens (including phenoxy) is 3. The van der Waals surface area contributed by atoms with Crippen molar-refractivity contribution < 1.29 is 32.6 Å². The first-order chi connectivity index (χ1) is 15.7. The lowest BCUT2D eigenvalue weighted by molar-refractivity contribution is -0.347. The van der Waals surface area contributed by atoms with E-state index in [2.05, 4.69) is 30.4 Å². The van der Waals surface area contributed by atoms with Gasteiger partial charge in [0.2, 0.25) is 0 Å². The van der Waals surface area contributed by atoms with Gasteiger partial charge in [0.05, 0.1) is 10.7 Å². The number of anilines is 1. The normalized spacial score (nSPS) is 20.4. The quantitative estimate of drug-likeness (QED) is 0.603. The Labute approximate surface area is 191 Å². The highest BCUT2D eigenvalue weighted by molar-refractivity contribution is 6.33. The van der Waals surface area contributed by atoms with Crippen LogP contribution in [-0.4, -0.2) is 42.5 Å². The molecular weight excluding hydrogens is 462 g/mol. The Morgan fingerprint density at radius 1 is 1.12 bits per heavy atom. The average molecular weight is 479 g/mol. The highest BCUT2D eigenvalue weighted by atomic mass is 35.5. The molecule has 12 heteroatoms. The Balaban J connectivity index is 1.37. The van der Waals surface area contributed by atoms with Crippen molar-refractivity contribution in [3.63, 3.8) is 0 Å². The number of halogens is 3. The summed E-state index contributed by atoms with van der Waals surface area (Å²) < 4.78 is 40.9. The van der Waals surface area contributed by atoms with Crippen molar-refractivity contribution in [1.29, 1.82) is 0 Å². The van der Waals surface area contributed by atoms with Gasteiger partial charge in [0.1, 0.15) is 29.4 Å². The lowest BCUT2D eigenvalue weighted by atomic mass is 10.1. The lowest BCUT2D eigenvalue weighted by Crippen LogP contribution is -2.31. The number of aromatic nitrogens is 1. The number of nitrogens with zero attached hydrogens (tertiary/aromatic N) is 1. The molecule has 3 N–H and O–H groups in total. The number of alkyl halides is 2. The minimum atomic E-state index is -3.68. The first-order valence-corrected chi connectivity index (χ1v) is 9.97. The van der Waals surface area contributed by atoms with E-state index >= 15 is 0 Å². The van der Waals surface area contributed by atoms with Crippen LogP contribution in [0.15, 0.2) is 60.5 Å². The minimum Gasteiger partial charge on any atom is -0.457 e. The van der Waals surface area contributed by atoms with Crippen molar-refractivity contribution in [3.8, 4) is 11.5 Å². The van der Waals surface area contributed by atoms with Gasteiger partial charge in [0.25, 0.3) is 5.91 Å². The Morgan fingerprint density at radius 3 is 2.64 bits per heavy atom. The highest BCUT2D eigenvalue weighted by Crippen LogP contribution is 2.35. The topological polar surface area (TPSA) is 111 Å². The van der Waals surface area contributed by atoms with Crippen molar-refractivity contribution in [2.24, 2.45) is 0 Å². The van der Waals surface area contributed by atoms with Crippen molar-refractivity contribution in [2.45, 2.75) is 18.5 Å². The van der Waals surface area contributed by atoms with Gasteiger partial charge >= 0.3 is 12.3 Å². The number of fused-ring (bicyclic) bond motifs is 1. The van der Waals surface area contributed by atoms with Crippen LogP contribution < -0.4 is 20.7 Å². The van der Waals surface area contributed by atoms with Gasteiger partial charge in [-0.05, 0) is 30.4 Å². The number of nitrogens with one attached hydrogen (secondary N) is 3. The molecule has 0 radical (unpaired) electrons. The molecule has 2 aliphatic rings. The zero-order valence-corrected chi connectivity index (χ0v) is 17.7. The fourth-order valence-corrected chi connectivity index (χ4v) is 3.30. The number of urea groups is 1. The zero-order chi connectivity index (χ0) is 23.6. The third-order valence-electron chi connectivity index (χ3n) is 4.55.